The van der Waals surface area contributed by atoms with Gasteiger partial charge >= 0.3 is 0 Å². The summed E-state index contributed by atoms with van der Waals surface area (Å²) in [4.78, 5) is 26.4. The van der Waals surface area contributed by atoms with E-state index in [9.17, 15) is 18.0 Å². The molecule has 2 aromatic rings. The van der Waals surface area contributed by atoms with Crippen LogP contribution in [0, 0.1) is 0 Å². The van der Waals surface area contributed by atoms with E-state index in [0.29, 0.717) is 11.4 Å². The van der Waals surface area contributed by atoms with Gasteiger partial charge in [-0.25, -0.2) is 8.42 Å². The quantitative estimate of drug-likeness (QED) is 0.773. The van der Waals surface area contributed by atoms with Crippen molar-refractivity contribution in [1.29, 1.82) is 0 Å². The van der Waals surface area contributed by atoms with Crippen molar-refractivity contribution < 1.29 is 22.7 Å². The fraction of sp³-hybridized carbons (Fsp3) is 0.263. The predicted octanol–water partition coefficient (Wildman–Crippen LogP) is 1.04. The van der Waals surface area contributed by atoms with E-state index in [1.165, 1.54) is 19.2 Å². The van der Waals surface area contributed by atoms with Gasteiger partial charge in [-0.2, -0.15) is 0 Å². The molecule has 0 radical (unpaired) electrons. The highest BCUT2D eigenvalue weighted by Gasteiger charge is 2.31. The van der Waals surface area contributed by atoms with Crippen molar-refractivity contribution in [2.75, 3.05) is 36.6 Å². The molecule has 3 rings (SSSR count). The number of hydrogen-bond donors (Lipinski definition) is 2. The van der Waals surface area contributed by atoms with Crippen LogP contribution < -0.4 is 20.3 Å². The summed E-state index contributed by atoms with van der Waals surface area (Å²) in [6.45, 7) is 0.129. The monoisotopic (exact) mass is 403 g/mol. The molecule has 0 fully saturated rings. The number of fused-ring (bicyclic) bond motifs is 1. The fourth-order valence-corrected chi connectivity index (χ4v) is 3.85. The standard InChI is InChI=1S/C19H21N3O5S/c1-20-19(24)16-11-22(14-8-4-5-9-15(14)27-16)12-18(23)21-13-7-3-6-10-17(13)28(2,25)26/h3-10,16H,11-12H2,1-2H3,(H,20,24)(H,21,23)/t16-/m1/s1. The van der Waals surface area contributed by atoms with Gasteiger partial charge in [-0.3, -0.25) is 9.59 Å². The Hall–Kier alpha value is -3.07. The molecule has 0 unspecified atom stereocenters. The van der Waals surface area contributed by atoms with Crippen LogP contribution >= 0.6 is 0 Å². The topological polar surface area (TPSA) is 105 Å². The molecular formula is C19H21N3O5S. The molecule has 28 heavy (non-hydrogen) atoms. The molecule has 0 saturated carbocycles. The van der Waals surface area contributed by atoms with Crippen LogP contribution in [0.3, 0.4) is 0 Å². The summed E-state index contributed by atoms with van der Waals surface area (Å²) in [6.07, 6.45) is 0.334. The molecule has 1 aliphatic rings. The molecule has 0 aromatic heterocycles. The van der Waals surface area contributed by atoms with Crippen molar-refractivity contribution >= 4 is 33.0 Å². The van der Waals surface area contributed by atoms with E-state index in [2.05, 4.69) is 10.6 Å². The summed E-state index contributed by atoms with van der Waals surface area (Å²) < 4.78 is 29.5. The summed E-state index contributed by atoms with van der Waals surface area (Å²) in [5.41, 5.74) is 0.911. The minimum Gasteiger partial charge on any atom is -0.477 e. The lowest BCUT2D eigenvalue weighted by Gasteiger charge is -2.35. The lowest BCUT2D eigenvalue weighted by Crippen LogP contribution is -2.50. The molecule has 8 nitrogen and oxygen atoms in total. The zero-order chi connectivity index (χ0) is 20.3. The van der Waals surface area contributed by atoms with Gasteiger partial charge in [-0.1, -0.05) is 24.3 Å². The first kappa shape index (κ1) is 19.7. The summed E-state index contributed by atoms with van der Waals surface area (Å²) >= 11 is 0. The highest BCUT2D eigenvalue weighted by atomic mass is 32.2. The van der Waals surface area contributed by atoms with Crippen LogP contribution in [0.2, 0.25) is 0 Å². The summed E-state index contributed by atoms with van der Waals surface area (Å²) in [5, 5.41) is 5.20. The Labute approximate surface area is 163 Å². The minimum absolute atomic E-state index is 0.0500. The normalized spacial score (nSPS) is 15.9. The third-order valence-electron chi connectivity index (χ3n) is 4.30. The van der Waals surface area contributed by atoms with Gasteiger partial charge in [0.25, 0.3) is 5.91 Å². The summed E-state index contributed by atoms with van der Waals surface area (Å²) in [6, 6.07) is 13.3. The summed E-state index contributed by atoms with van der Waals surface area (Å²) in [5.74, 6) is -0.183. The molecule has 2 N–H and O–H groups in total. The van der Waals surface area contributed by atoms with Crippen LogP contribution in [0.1, 0.15) is 0 Å². The van der Waals surface area contributed by atoms with Crippen LogP contribution in [-0.2, 0) is 19.4 Å². The molecule has 1 atom stereocenters. The lowest BCUT2D eigenvalue weighted by molar-refractivity contribution is -0.127. The Morgan fingerprint density at radius 1 is 1.14 bits per heavy atom. The first-order valence-electron chi connectivity index (χ1n) is 8.61. The molecule has 0 aliphatic carbocycles. The lowest BCUT2D eigenvalue weighted by atomic mass is 10.1. The van der Waals surface area contributed by atoms with Crippen LogP contribution in [0.15, 0.2) is 53.4 Å². The number of para-hydroxylation sites is 3. The molecule has 0 saturated heterocycles. The number of carbonyl (C=O) groups excluding carboxylic acids is 2. The number of hydrogen-bond acceptors (Lipinski definition) is 6. The van der Waals surface area contributed by atoms with Gasteiger partial charge < -0.3 is 20.3 Å². The maximum Gasteiger partial charge on any atom is 0.262 e. The first-order valence-corrected chi connectivity index (χ1v) is 10.5. The van der Waals surface area contributed by atoms with E-state index in [4.69, 9.17) is 4.74 Å². The Bertz CT molecular complexity index is 1010. The number of sulfone groups is 1. The van der Waals surface area contributed by atoms with Crippen molar-refractivity contribution in [1.82, 2.24) is 5.32 Å². The minimum atomic E-state index is -3.49. The largest absolute Gasteiger partial charge is 0.477 e. The molecule has 1 aliphatic heterocycles. The predicted molar refractivity (Wildman–Crippen MR) is 105 cm³/mol. The number of amides is 2. The molecule has 2 aromatic carbocycles. The van der Waals surface area contributed by atoms with E-state index in [1.54, 1.807) is 35.2 Å². The molecule has 9 heteroatoms. The Kier molecular flexibility index (Phi) is 5.55. The zero-order valence-electron chi connectivity index (χ0n) is 15.5. The average molecular weight is 403 g/mol. The van der Waals surface area contributed by atoms with Crippen molar-refractivity contribution in [3.8, 4) is 5.75 Å². The number of nitrogens with zero attached hydrogens (tertiary/aromatic N) is 1. The SMILES string of the molecule is CNC(=O)[C@H]1CN(CC(=O)Nc2ccccc2S(C)(=O)=O)c2ccccc2O1. The second-order valence-corrected chi connectivity index (χ2v) is 8.37. The number of likely N-dealkylation sites (N-methyl/N-ethyl adjacent to an activating group) is 1. The van der Waals surface area contributed by atoms with E-state index in [0.717, 1.165) is 6.26 Å². The molecular weight excluding hydrogens is 382 g/mol. The second kappa shape index (κ2) is 7.89. The molecule has 2 amide bonds. The van der Waals surface area contributed by atoms with Gasteiger partial charge in [-0.05, 0) is 24.3 Å². The number of anilines is 2. The van der Waals surface area contributed by atoms with Crippen LogP contribution in [-0.4, -0.2) is 52.7 Å². The van der Waals surface area contributed by atoms with Crippen LogP contribution in [0.5, 0.6) is 5.75 Å². The number of ether oxygens (including phenoxy) is 1. The number of rotatable bonds is 5. The molecule has 0 spiro atoms. The Morgan fingerprint density at radius 2 is 1.82 bits per heavy atom. The maximum atomic E-state index is 12.6. The van der Waals surface area contributed by atoms with Crippen molar-refractivity contribution in [2.24, 2.45) is 0 Å². The van der Waals surface area contributed by atoms with Gasteiger partial charge in [0.1, 0.15) is 5.75 Å². The third-order valence-corrected chi connectivity index (χ3v) is 5.45. The van der Waals surface area contributed by atoms with Gasteiger partial charge in [0.2, 0.25) is 5.91 Å². The number of benzene rings is 2. The highest BCUT2D eigenvalue weighted by molar-refractivity contribution is 7.90. The molecule has 148 valence electrons. The van der Waals surface area contributed by atoms with Gasteiger partial charge in [0, 0.05) is 13.3 Å². The van der Waals surface area contributed by atoms with Crippen molar-refractivity contribution in [3.63, 3.8) is 0 Å². The maximum absolute atomic E-state index is 12.6. The van der Waals surface area contributed by atoms with Crippen LogP contribution in [0.25, 0.3) is 0 Å². The first-order chi connectivity index (χ1) is 13.3. The fourth-order valence-electron chi connectivity index (χ4n) is 3.01. The smallest absolute Gasteiger partial charge is 0.262 e. The third kappa shape index (κ3) is 4.25. The number of carbonyl (C=O) groups is 2. The van der Waals surface area contributed by atoms with Crippen molar-refractivity contribution in [2.45, 2.75) is 11.0 Å². The highest BCUT2D eigenvalue weighted by Crippen LogP contribution is 2.33. The van der Waals surface area contributed by atoms with Gasteiger partial charge in [-0.15, -0.1) is 0 Å². The zero-order valence-corrected chi connectivity index (χ0v) is 16.3. The van der Waals surface area contributed by atoms with E-state index >= 15 is 0 Å². The van der Waals surface area contributed by atoms with E-state index in [-0.39, 0.29) is 29.6 Å². The molecule has 0 bridgehead atoms. The van der Waals surface area contributed by atoms with E-state index in [1.807, 2.05) is 6.07 Å². The van der Waals surface area contributed by atoms with Crippen LogP contribution in [0.4, 0.5) is 11.4 Å². The van der Waals surface area contributed by atoms with Gasteiger partial charge in [0.15, 0.2) is 15.9 Å². The van der Waals surface area contributed by atoms with E-state index < -0.39 is 21.8 Å². The van der Waals surface area contributed by atoms with Crippen molar-refractivity contribution in [3.05, 3.63) is 48.5 Å². The average Bonchev–Trinajstić information content (AvgIpc) is 2.66. The Balaban J connectivity index is 1.81. The Morgan fingerprint density at radius 3 is 2.54 bits per heavy atom. The second-order valence-electron chi connectivity index (χ2n) is 6.39. The summed E-state index contributed by atoms with van der Waals surface area (Å²) in [7, 11) is -1.97. The van der Waals surface area contributed by atoms with Gasteiger partial charge in [0.05, 0.1) is 29.4 Å². The molecule has 1 heterocycles. The number of nitrogens with one attached hydrogen (secondary N) is 2.